The smallest absolute Gasteiger partial charge is 0.259 e. The van der Waals surface area contributed by atoms with Crippen LogP contribution in [-0.2, 0) is 9.59 Å². The Balaban J connectivity index is 2.11. The fourth-order valence-corrected chi connectivity index (χ4v) is 5.36. The Morgan fingerprint density at radius 1 is 1.28 bits per heavy atom. The van der Waals surface area contributed by atoms with Gasteiger partial charge in [0.05, 0.1) is 6.10 Å². The minimum Gasteiger partial charge on any atom is -0.511 e. The molecule has 7 atom stereocenters. The number of allylic oxidation sites excluding steroid dienone is 7. The van der Waals surface area contributed by atoms with Crippen molar-refractivity contribution in [3.8, 4) is 0 Å². The lowest BCUT2D eigenvalue weighted by atomic mass is 9.54. The number of hydrogen-bond acceptors (Lipinski definition) is 4. The first-order chi connectivity index (χ1) is 13.7. The summed E-state index contributed by atoms with van der Waals surface area (Å²) in [7, 11) is 0. The van der Waals surface area contributed by atoms with Crippen LogP contribution >= 0.6 is 0 Å². The molecule has 3 N–H and O–H groups in total. The Labute approximate surface area is 173 Å². The molecular formula is C24H33NO4. The Morgan fingerprint density at radius 3 is 2.62 bits per heavy atom. The average Bonchev–Trinajstić information content (AvgIpc) is 2.97. The third kappa shape index (κ3) is 3.73. The molecule has 5 nitrogen and oxygen atoms in total. The first-order valence-electron chi connectivity index (χ1n) is 10.7. The van der Waals surface area contributed by atoms with Crippen LogP contribution in [0.2, 0.25) is 0 Å². The molecule has 3 aliphatic rings. The van der Waals surface area contributed by atoms with Gasteiger partial charge in [0.2, 0.25) is 0 Å². The number of nitrogens with one attached hydrogen (secondary N) is 1. The molecule has 0 spiro atoms. The van der Waals surface area contributed by atoms with Gasteiger partial charge in [-0.1, -0.05) is 56.7 Å². The molecule has 1 amide bonds. The average molecular weight is 400 g/mol. The second kappa shape index (κ2) is 8.31. The number of carbonyl (C=O) groups is 2. The van der Waals surface area contributed by atoms with Crippen LogP contribution in [-0.4, -0.2) is 34.0 Å². The molecule has 0 aromatic carbocycles. The number of Topliss-reactive ketones (excluding diaryl/α,β-unsaturated/α-hetero) is 1. The Hall–Kier alpha value is -2.14. The second-order valence-electron chi connectivity index (χ2n) is 9.07. The number of rotatable bonds is 4. The SMILES string of the molecule is C/C=C/C=C\[C@@H]1C=C[C@@H]2C[C@H](C)CC[C@@H]2[C@]1(C)/C(O)=C1/C(=O)N[C@H]([C@H](C)O)C1=O. The van der Waals surface area contributed by atoms with Gasteiger partial charge in [0.1, 0.15) is 17.4 Å². The number of aliphatic hydroxyl groups excluding tert-OH is 2. The molecule has 2 fully saturated rings. The van der Waals surface area contributed by atoms with Crippen molar-refractivity contribution < 1.29 is 19.8 Å². The fraction of sp³-hybridized carbons (Fsp3) is 0.583. The molecule has 1 aliphatic heterocycles. The quantitative estimate of drug-likeness (QED) is 0.222. The number of amides is 1. The van der Waals surface area contributed by atoms with E-state index in [0.717, 1.165) is 19.3 Å². The van der Waals surface area contributed by atoms with E-state index in [-0.39, 0.29) is 23.2 Å². The molecule has 1 saturated heterocycles. The van der Waals surface area contributed by atoms with Gasteiger partial charge >= 0.3 is 0 Å². The summed E-state index contributed by atoms with van der Waals surface area (Å²) >= 11 is 0. The van der Waals surface area contributed by atoms with E-state index < -0.39 is 29.3 Å². The first kappa shape index (κ1) is 21.6. The molecule has 2 aliphatic carbocycles. The van der Waals surface area contributed by atoms with Crippen LogP contribution in [0.4, 0.5) is 0 Å². The predicted molar refractivity (Wildman–Crippen MR) is 113 cm³/mol. The van der Waals surface area contributed by atoms with Gasteiger partial charge in [-0.25, -0.2) is 0 Å². The second-order valence-corrected chi connectivity index (χ2v) is 9.07. The van der Waals surface area contributed by atoms with Crippen molar-refractivity contribution in [2.24, 2.45) is 29.1 Å². The number of hydrogen-bond donors (Lipinski definition) is 3. The molecule has 1 saturated carbocycles. The Morgan fingerprint density at radius 2 is 2.00 bits per heavy atom. The molecule has 158 valence electrons. The third-order valence-corrected chi connectivity index (χ3v) is 7.08. The highest BCUT2D eigenvalue weighted by Crippen LogP contribution is 2.56. The van der Waals surface area contributed by atoms with Gasteiger partial charge in [0.25, 0.3) is 5.91 Å². The summed E-state index contributed by atoms with van der Waals surface area (Å²) < 4.78 is 0. The van der Waals surface area contributed by atoms with Gasteiger partial charge in [0, 0.05) is 11.3 Å². The minimum absolute atomic E-state index is 0.132. The van der Waals surface area contributed by atoms with E-state index in [2.05, 4.69) is 24.4 Å². The zero-order chi connectivity index (χ0) is 21.3. The van der Waals surface area contributed by atoms with Crippen LogP contribution in [0.25, 0.3) is 0 Å². The van der Waals surface area contributed by atoms with Gasteiger partial charge in [-0.15, -0.1) is 0 Å². The monoisotopic (exact) mass is 399 g/mol. The fourth-order valence-electron chi connectivity index (χ4n) is 5.36. The van der Waals surface area contributed by atoms with Gasteiger partial charge in [-0.2, -0.15) is 0 Å². The van der Waals surface area contributed by atoms with Gasteiger partial charge in [0.15, 0.2) is 5.78 Å². The number of aliphatic hydroxyl groups is 2. The van der Waals surface area contributed by atoms with Gasteiger partial charge in [-0.05, 0) is 44.4 Å². The third-order valence-electron chi connectivity index (χ3n) is 7.08. The van der Waals surface area contributed by atoms with Crippen molar-refractivity contribution in [2.75, 3.05) is 0 Å². The highest BCUT2D eigenvalue weighted by atomic mass is 16.3. The number of ketones is 1. The van der Waals surface area contributed by atoms with E-state index in [1.54, 1.807) is 0 Å². The molecule has 0 bridgehead atoms. The summed E-state index contributed by atoms with van der Waals surface area (Å²) in [6.07, 6.45) is 14.2. The molecule has 0 radical (unpaired) electrons. The van der Waals surface area contributed by atoms with E-state index >= 15 is 0 Å². The van der Waals surface area contributed by atoms with Crippen LogP contribution in [0.15, 0.2) is 47.8 Å². The lowest BCUT2D eigenvalue weighted by Crippen LogP contribution is -2.45. The summed E-state index contributed by atoms with van der Waals surface area (Å²) in [6.45, 7) is 7.64. The molecule has 5 heteroatoms. The molecule has 3 rings (SSSR count). The summed E-state index contributed by atoms with van der Waals surface area (Å²) in [4.78, 5) is 25.5. The van der Waals surface area contributed by atoms with Crippen LogP contribution in [0.1, 0.15) is 47.0 Å². The first-order valence-corrected chi connectivity index (χ1v) is 10.7. The maximum atomic E-state index is 12.9. The van der Waals surface area contributed by atoms with Crippen LogP contribution in [0, 0.1) is 29.1 Å². The molecular weight excluding hydrogens is 366 g/mol. The van der Waals surface area contributed by atoms with Crippen molar-refractivity contribution in [1.82, 2.24) is 5.32 Å². The lowest BCUT2D eigenvalue weighted by Gasteiger charge is -2.50. The molecule has 0 unspecified atom stereocenters. The highest BCUT2D eigenvalue weighted by molar-refractivity contribution is 6.27. The summed E-state index contributed by atoms with van der Waals surface area (Å²) in [5.74, 6) is -0.306. The highest BCUT2D eigenvalue weighted by Gasteiger charge is 2.53. The predicted octanol–water partition coefficient (Wildman–Crippen LogP) is 3.62. The lowest BCUT2D eigenvalue weighted by molar-refractivity contribution is -0.118. The Bertz CT molecular complexity index is 791. The van der Waals surface area contributed by atoms with E-state index in [9.17, 15) is 19.8 Å². The molecule has 0 aromatic heterocycles. The van der Waals surface area contributed by atoms with E-state index in [1.807, 2.05) is 38.2 Å². The van der Waals surface area contributed by atoms with E-state index in [0.29, 0.717) is 11.8 Å². The summed E-state index contributed by atoms with van der Waals surface area (Å²) in [5, 5.41) is 23.8. The van der Waals surface area contributed by atoms with Crippen molar-refractivity contribution in [2.45, 2.75) is 59.1 Å². The van der Waals surface area contributed by atoms with Crippen molar-refractivity contribution >= 4 is 11.7 Å². The maximum absolute atomic E-state index is 12.9. The van der Waals surface area contributed by atoms with Crippen LogP contribution in [0.5, 0.6) is 0 Å². The normalized spacial score (nSPS) is 40.4. The number of fused-ring (bicyclic) bond motifs is 1. The Kier molecular flexibility index (Phi) is 6.18. The van der Waals surface area contributed by atoms with E-state index in [1.165, 1.54) is 6.92 Å². The summed E-state index contributed by atoms with van der Waals surface area (Å²) in [6, 6.07) is -0.999. The number of carbonyl (C=O) groups excluding carboxylic acids is 2. The largest absolute Gasteiger partial charge is 0.511 e. The summed E-state index contributed by atoms with van der Waals surface area (Å²) in [5.41, 5.74) is -0.941. The topological polar surface area (TPSA) is 86.6 Å². The van der Waals surface area contributed by atoms with E-state index in [4.69, 9.17) is 0 Å². The standard InChI is InChI=1S/C24H33NO4/c1-5-6-7-8-17-11-10-16-13-14(2)9-12-18(16)24(17,4)22(28)19-21(27)20(15(3)26)25-23(19)29/h5-8,10-11,14-18,20,26,28H,9,12-13H2,1-4H3,(H,25,29)/b6-5+,8-7-,22-19-/t14-,15+,16-,17-,18+,20-,24-/m1/s1. The van der Waals surface area contributed by atoms with Crippen LogP contribution in [0.3, 0.4) is 0 Å². The van der Waals surface area contributed by atoms with Gasteiger partial charge < -0.3 is 15.5 Å². The molecule has 1 heterocycles. The zero-order valence-electron chi connectivity index (χ0n) is 17.8. The molecule has 29 heavy (non-hydrogen) atoms. The molecule has 0 aromatic rings. The van der Waals surface area contributed by atoms with Crippen molar-refractivity contribution in [3.05, 3.63) is 47.8 Å². The van der Waals surface area contributed by atoms with Crippen molar-refractivity contribution in [1.29, 1.82) is 0 Å². The van der Waals surface area contributed by atoms with Gasteiger partial charge in [-0.3, -0.25) is 9.59 Å². The minimum atomic E-state index is -1.01. The maximum Gasteiger partial charge on any atom is 0.259 e. The van der Waals surface area contributed by atoms with Crippen LogP contribution < -0.4 is 5.32 Å². The van der Waals surface area contributed by atoms with Crippen molar-refractivity contribution in [3.63, 3.8) is 0 Å². The zero-order valence-corrected chi connectivity index (χ0v) is 17.8.